The number of ketones is 1. The summed E-state index contributed by atoms with van der Waals surface area (Å²) in [6.45, 7) is 3.01. The number of hydrogen-bond acceptors (Lipinski definition) is 4. The summed E-state index contributed by atoms with van der Waals surface area (Å²) < 4.78 is 5.13. The molecule has 0 radical (unpaired) electrons. The fourth-order valence-electron chi connectivity index (χ4n) is 4.05. The molecule has 0 unspecified atom stereocenters. The van der Waals surface area contributed by atoms with Crippen LogP contribution in [0.4, 0.5) is 5.69 Å². The second-order valence-corrected chi connectivity index (χ2v) is 7.00. The predicted molar refractivity (Wildman–Crippen MR) is 101 cm³/mol. The van der Waals surface area contributed by atoms with Gasteiger partial charge in [-0.2, -0.15) is 0 Å². The average Bonchev–Trinajstić information content (AvgIpc) is 3.11. The molecule has 0 saturated heterocycles. The van der Waals surface area contributed by atoms with Gasteiger partial charge in [0.05, 0.1) is 6.04 Å². The van der Waals surface area contributed by atoms with Gasteiger partial charge in [0.15, 0.2) is 5.78 Å². The Bertz CT molecular complexity index is 898. The molecule has 0 spiro atoms. The highest BCUT2D eigenvalue weighted by atomic mass is 16.5. The predicted octanol–water partition coefficient (Wildman–Crippen LogP) is 4.64. The van der Waals surface area contributed by atoms with E-state index in [0.717, 1.165) is 17.7 Å². The summed E-state index contributed by atoms with van der Waals surface area (Å²) in [5.41, 5.74) is 4.20. The van der Waals surface area contributed by atoms with E-state index in [1.54, 1.807) is 6.92 Å². The molecule has 4 nitrogen and oxygen atoms in total. The largest absolute Gasteiger partial charge is 0.427 e. The molecule has 1 aliphatic carbocycles. The van der Waals surface area contributed by atoms with E-state index in [0.29, 0.717) is 17.6 Å². The molecule has 0 bridgehead atoms. The first kappa shape index (κ1) is 16.6. The van der Waals surface area contributed by atoms with Gasteiger partial charge in [-0.15, -0.1) is 0 Å². The molecule has 0 aromatic heterocycles. The number of fused-ring (bicyclic) bond motifs is 3. The molecule has 0 fully saturated rings. The first-order chi connectivity index (χ1) is 12.5. The zero-order valence-corrected chi connectivity index (χ0v) is 14.9. The molecule has 26 heavy (non-hydrogen) atoms. The van der Waals surface area contributed by atoms with Gasteiger partial charge in [0.25, 0.3) is 0 Å². The minimum atomic E-state index is -0.316. The van der Waals surface area contributed by atoms with Crippen molar-refractivity contribution in [1.82, 2.24) is 0 Å². The van der Waals surface area contributed by atoms with E-state index in [1.807, 2.05) is 42.5 Å². The summed E-state index contributed by atoms with van der Waals surface area (Å²) in [5.74, 6) is 1.05. The Morgan fingerprint density at radius 3 is 2.54 bits per heavy atom. The van der Waals surface area contributed by atoms with E-state index < -0.39 is 0 Å². The maximum Gasteiger partial charge on any atom is 0.308 e. The van der Waals surface area contributed by atoms with Gasteiger partial charge in [-0.1, -0.05) is 24.3 Å². The smallest absolute Gasteiger partial charge is 0.308 e. The molecular formula is C22H21NO3. The summed E-state index contributed by atoms with van der Waals surface area (Å²) in [4.78, 5) is 22.8. The van der Waals surface area contributed by atoms with Crippen molar-refractivity contribution in [2.45, 2.75) is 32.2 Å². The van der Waals surface area contributed by atoms with E-state index in [1.165, 1.54) is 18.1 Å². The molecule has 4 rings (SSSR count). The van der Waals surface area contributed by atoms with Crippen molar-refractivity contribution in [3.8, 4) is 5.75 Å². The van der Waals surface area contributed by atoms with Crippen LogP contribution in [0.1, 0.15) is 53.7 Å². The third-order valence-corrected chi connectivity index (χ3v) is 5.27. The van der Waals surface area contributed by atoms with Crippen LogP contribution in [0.3, 0.4) is 0 Å². The van der Waals surface area contributed by atoms with E-state index in [-0.39, 0.29) is 17.8 Å². The lowest BCUT2D eigenvalue weighted by atomic mass is 9.76. The van der Waals surface area contributed by atoms with Crippen molar-refractivity contribution in [2.75, 3.05) is 5.32 Å². The molecular weight excluding hydrogens is 326 g/mol. The maximum atomic E-state index is 11.7. The van der Waals surface area contributed by atoms with Crippen molar-refractivity contribution in [1.29, 1.82) is 0 Å². The lowest BCUT2D eigenvalue weighted by Gasteiger charge is -2.37. The molecule has 0 saturated carbocycles. The van der Waals surface area contributed by atoms with Crippen LogP contribution in [-0.2, 0) is 4.79 Å². The number of ether oxygens (including phenoxy) is 1. The van der Waals surface area contributed by atoms with Crippen LogP contribution in [0.15, 0.2) is 54.6 Å². The minimum Gasteiger partial charge on any atom is -0.427 e. The molecule has 4 heteroatoms. The Labute approximate surface area is 152 Å². The lowest BCUT2D eigenvalue weighted by Crippen LogP contribution is -2.29. The van der Waals surface area contributed by atoms with Crippen molar-refractivity contribution < 1.29 is 14.3 Å². The summed E-state index contributed by atoms with van der Waals surface area (Å²) in [6, 6.07) is 13.8. The molecule has 1 heterocycles. The minimum absolute atomic E-state index is 0.0921. The summed E-state index contributed by atoms with van der Waals surface area (Å²) >= 11 is 0. The highest BCUT2D eigenvalue weighted by molar-refractivity contribution is 5.95. The molecule has 1 N–H and O–H groups in total. The maximum absolute atomic E-state index is 11.7. The monoisotopic (exact) mass is 347 g/mol. The van der Waals surface area contributed by atoms with Crippen molar-refractivity contribution >= 4 is 17.4 Å². The average molecular weight is 347 g/mol. The number of hydrogen-bond donors (Lipinski definition) is 1. The second-order valence-electron chi connectivity index (χ2n) is 7.00. The molecule has 3 atom stereocenters. The zero-order chi connectivity index (χ0) is 18.3. The Hall–Kier alpha value is -2.88. The first-order valence-corrected chi connectivity index (χ1v) is 8.89. The molecule has 2 aromatic carbocycles. The first-order valence-electron chi connectivity index (χ1n) is 8.89. The summed E-state index contributed by atoms with van der Waals surface area (Å²) in [7, 11) is 0. The van der Waals surface area contributed by atoms with Crippen LogP contribution < -0.4 is 10.1 Å². The van der Waals surface area contributed by atoms with Gasteiger partial charge in [0.2, 0.25) is 0 Å². The Morgan fingerprint density at radius 2 is 1.85 bits per heavy atom. The van der Waals surface area contributed by atoms with E-state index in [9.17, 15) is 9.59 Å². The number of nitrogens with one attached hydrogen (secondary N) is 1. The number of anilines is 1. The Morgan fingerprint density at radius 1 is 1.08 bits per heavy atom. The van der Waals surface area contributed by atoms with Crippen molar-refractivity contribution in [3.05, 3.63) is 71.3 Å². The fraction of sp³-hybridized carbons (Fsp3) is 0.273. The quantitative estimate of drug-likeness (QED) is 0.380. The van der Waals surface area contributed by atoms with Crippen LogP contribution in [0.25, 0.3) is 0 Å². The number of carbonyl (C=O) groups is 2. The number of esters is 1. The van der Waals surface area contributed by atoms with Crippen molar-refractivity contribution in [3.63, 3.8) is 0 Å². The molecule has 1 aliphatic heterocycles. The summed E-state index contributed by atoms with van der Waals surface area (Å²) in [6.07, 6.45) is 5.49. The number of benzene rings is 2. The van der Waals surface area contributed by atoms with Crippen LogP contribution in [0, 0.1) is 5.92 Å². The van der Waals surface area contributed by atoms with Gasteiger partial charge >= 0.3 is 5.97 Å². The zero-order valence-electron chi connectivity index (χ0n) is 14.9. The van der Waals surface area contributed by atoms with Crippen LogP contribution in [0.5, 0.6) is 5.75 Å². The molecule has 2 aromatic rings. The molecule has 132 valence electrons. The normalized spacial score (nSPS) is 22.9. The Kier molecular flexibility index (Phi) is 4.11. The van der Waals surface area contributed by atoms with Gasteiger partial charge in [-0.3, -0.25) is 9.59 Å². The second kappa shape index (κ2) is 6.45. The highest BCUT2D eigenvalue weighted by Gasteiger charge is 2.38. The van der Waals surface area contributed by atoms with Gasteiger partial charge in [0.1, 0.15) is 5.75 Å². The number of rotatable bonds is 3. The standard InChI is InChI=1S/C22H21NO3/c1-13(24)16-8-11-21-20(12-16)18-4-3-5-19(18)22(23-21)15-6-9-17(10-7-15)26-14(2)25/h3-4,6-12,18-19,22-23H,5H2,1-2H3/t18-,19+,22+/m1/s1. The van der Waals surface area contributed by atoms with E-state index in [4.69, 9.17) is 4.74 Å². The highest BCUT2D eigenvalue weighted by Crippen LogP contribution is 2.50. The third-order valence-electron chi connectivity index (χ3n) is 5.27. The third kappa shape index (κ3) is 2.92. The van der Waals surface area contributed by atoms with Crippen molar-refractivity contribution in [2.24, 2.45) is 5.92 Å². The van der Waals surface area contributed by atoms with Gasteiger partial charge in [-0.05, 0) is 60.7 Å². The lowest BCUT2D eigenvalue weighted by molar-refractivity contribution is -0.131. The van der Waals surface area contributed by atoms with E-state index in [2.05, 4.69) is 17.5 Å². The number of allylic oxidation sites excluding steroid dienone is 2. The van der Waals surface area contributed by atoms with Crippen LogP contribution >= 0.6 is 0 Å². The number of Topliss-reactive ketones (excluding diaryl/α,β-unsaturated/α-hetero) is 1. The SMILES string of the molecule is CC(=O)Oc1ccc([C@@H]2Nc3ccc(C(C)=O)cc3[C@@H]3C=CC[C@@H]32)cc1. The summed E-state index contributed by atoms with van der Waals surface area (Å²) in [5, 5.41) is 3.65. The van der Waals surface area contributed by atoms with Gasteiger partial charge < -0.3 is 10.1 Å². The number of carbonyl (C=O) groups excluding carboxylic acids is 2. The van der Waals surface area contributed by atoms with Crippen LogP contribution in [-0.4, -0.2) is 11.8 Å². The molecule has 0 amide bonds. The molecule has 2 aliphatic rings. The topological polar surface area (TPSA) is 55.4 Å². The Balaban J connectivity index is 1.67. The van der Waals surface area contributed by atoms with Gasteiger partial charge in [0, 0.05) is 24.1 Å². The van der Waals surface area contributed by atoms with Crippen LogP contribution in [0.2, 0.25) is 0 Å². The fourth-order valence-corrected chi connectivity index (χ4v) is 4.05. The van der Waals surface area contributed by atoms with Gasteiger partial charge in [-0.25, -0.2) is 0 Å². The van der Waals surface area contributed by atoms with E-state index >= 15 is 0 Å².